The standard InChI is InChI=1S/C10H12BrN3O4.C3H8O/c1-10(5-15,6-16)4-13-8-2-7(11)3-12-9(8)14(17)18;1-3-4-2/h2-3,5,13,16H,4,6H2,1H3;3H2,1-2H3. The molecule has 1 unspecified atom stereocenters. The van der Waals surface area contributed by atoms with Crippen LogP contribution in [0.2, 0.25) is 0 Å². The van der Waals surface area contributed by atoms with Crippen molar-refractivity contribution in [3.05, 3.63) is 26.9 Å². The number of carbonyl (C=O) groups excluding carboxylic acids is 1. The fourth-order valence-corrected chi connectivity index (χ4v) is 1.47. The van der Waals surface area contributed by atoms with E-state index in [1.807, 2.05) is 6.92 Å². The van der Waals surface area contributed by atoms with Crippen molar-refractivity contribution in [1.29, 1.82) is 0 Å². The van der Waals surface area contributed by atoms with Crippen LogP contribution in [0.25, 0.3) is 0 Å². The lowest BCUT2D eigenvalue weighted by atomic mass is 9.94. The molecule has 1 heterocycles. The molecule has 9 heteroatoms. The predicted octanol–water partition coefficient (Wildman–Crippen LogP) is 2.01. The van der Waals surface area contributed by atoms with Crippen LogP contribution in [0.3, 0.4) is 0 Å². The van der Waals surface area contributed by atoms with Gasteiger partial charge in [-0.3, -0.25) is 0 Å². The molecule has 1 aromatic rings. The molecule has 0 aliphatic carbocycles. The first kappa shape index (κ1) is 20.4. The summed E-state index contributed by atoms with van der Waals surface area (Å²) in [6.45, 7) is 4.05. The minimum atomic E-state index is -0.990. The Bertz CT molecular complexity index is 499. The number of methoxy groups -OCH3 is 1. The average Bonchev–Trinajstić information content (AvgIpc) is 2.52. The fraction of sp³-hybridized carbons (Fsp3) is 0.538. The Morgan fingerprint density at radius 3 is 2.64 bits per heavy atom. The van der Waals surface area contributed by atoms with Gasteiger partial charge in [0, 0.05) is 20.3 Å². The maximum Gasteiger partial charge on any atom is 0.386 e. The molecule has 0 aliphatic rings. The van der Waals surface area contributed by atoms with E-state index in [1.165, 1.54) is 12.3 Å². The molecule has 1 rings (SSSR count). The van der Waals surface area contributed by atoms with E-state index in [0.29, 0.717) is 10.8 Å². The summed E-state index contributed by atoms with van der Waals surface area (Å²) < 4.78 is 5.12. The Balaban J connectivity index is 0.000000980. The molecular formula is C13H20BrN3O5. The normalized spacial score (nSPS) is 12.6. The van der Waals surface area contributed by atoms with Crippen LogP contribution in [0.15, 0.2) is 16.7 Å². The summed E-state index contributed by atoms with van der Waals surface area (Å²) in [6.07, 6.45) is 1.92. The number of nitrogens with zero attached hydrogens (tertiary/aromatic N) is 2. The SMILES string of the molecule is CC(C=O)(CO)CNc1cc(Br)cnc1[N+](=O)[O-].CCOC. The third-order valence-corrected chi connectivity index (χ3v) is 3.06. The molecule has 2 N–H and O–H groups in total. The van der Waals surface area contributed by atoms with E-state index in [0.717, 1.165) is 6.61 Å². The van der Waals surface area contributed by atoms with E-state index in [1.54, 1.807) is 14.0 Å². The van der Waals surface area contributed by atoms with Gasteiger partial charge in [-0.1, -0.05) is 0 Å². The highest BCUT2D eigenvalue weighted by molar-refractivity contribution is 9.10. The number of carbonyl (C=O) groups is 1. The molecule has 0 saturated heterocycles. The molecule has 1 aromatic heterocycles. The first-order valence-corrected chi connectivity index (χ1v) is 7.22. The van der Waals surface area contributed by atoms with Gasteiger partial charge in [-0.05, 0) is 45.8 Å². The van der Waals surface area contributed by atoms with Gasteiger partial charge in [0.05, 0.1) is 16.5 Å². The summed E-state index contributed by atoms with van der Waals surface area (Å²) in [5, 5.41) is 22.6. The first-order valence-electron chi connectivity index (χ1n) is 6.43. The van der Waals surface area contributed by atoms with Crippen molar-refractivity contribution in [2.45, 2.75) is 13.8 Å². The zero-order valence-electron chi connectivity index (χ0n) is 12.7. The molecule has 124 valence electrons. The maximum atomic E-state index is 10.8. The van der Waals surface area contributed by atoms with E-state index >= 15 is 0 Å². The molecule has 0 aliphatic heterocycles. The summed E-state index contributed by atoms with van der Waals surface area (Å²) in [5.41, 5.74) is -0.799. The second-order valence-electron chi connectivity index (χ2n) is 4.64. The Hall–Kier alpha value is -1.58. The number of hydrogen-bond acceptors (Lipinski definition) is 7. The molecule has 0 radical (unpaired) electrons. The summed E-state index contributed by atoms with van der Waals surface area (Å²) in [6, 6.07) is 1.49. The monoisotopic (exact) mass is 377 g/mol. The number of nitrogens with one attached hydrogen (secondary N) is 1. The predicted molar refractivity (Wildman–Crippen MR) is 85.9 cm³/mol. The van der Waals surface area contributed by atoms with Gasteiger partial charge in [0.1, 0.15) is 12.0 Å². The van der Waals surface area contributed by atoms with Crippen molar-refractivity contribution in [2.24, 2.45) is 5.41 Å². The summed E-state index contributed by atoms with van der Waals surface area (Å²) in [5.74, 6) is -0.329. The largest absolute Gasteiger partial charge is 0.395 e. The van der Waals surface area contributed by atoms with Crippen LogP contribution in [0, 0.1) is 15.5 Å². The van der Waals surface area contributed by atoms with Crippen LogP contribution in [0.5, 0.6) is 0 Å². The van der Waals surface area contributed by atoms with Crippen molar-refractivity contribution >= 4 is 33.7 Å². The van der Waals surface area contributed by atoms with Gasteiger partial charge in [-0.2, -0.15) is 0 Å². The number of hydrogen-bond donors (Lipinski definition) is 2. The van der Waals surface area contributed by atoms with E-state index < -0.39 is 10.3 Å². The molecule has 22 heavy (non-hydrogen) atoms. The van der Waals surface area contributed by atoms with Crippen molar-refractivity contribution in [1.82, 2.24) is 4.98 Å². The van der Waals surface area contributed by atoms with Gasteiger partial charge < -0.3 is 30.1 Å². The quantitative estimate of drug-likeness (QED) is 0.424. The number of aliphatic hydroxyl groups is 1. The summed E-state index contributed by atoms with van der Waals surface area (Å²) in [7, 11) is 1.68. The van der Waals surface area contributed by atoms with Crippen molar-refractivity contribution in [3.63, 3.8) is 0 Å². The lowest BCUT2D eigenvalue weighted by molar-refractivity contribution is -0.388. The third kappa shape index (κ3) is 6.92. The summed E-state index contributed by atoms with van der Waals surface area (Å²) >= 11 is 3.16. The van der Waals surface area contributed by atoms with E-state index in [4.69, 9.17) is 5.11 Å². The van der Waals surface area contributed by atoms with Crippen molar-refractivity contribution < 1.29 is 19.6 Å². The number of aromatic nitrogens is 1. The zero-order chi connectivity index (χ0) is 17.2. The Labute approximate surface area is 137 Å². The van der Waals surface area contributed by atoms with Crippen LogP contribution in [0.1, 0.15) is 13.8 Å². The Morgan fingerprint density at radius 1 is 1.64 bits per heavy atom. The van der Waals surface area contributed by atoms with Gasteiger partial charge in [-0.15, -0.1) is 0 Å². The molecule has 0 bridgehead atoms. The van der Waals surface area contributed by atoms with Gasteiger partial charge in [0.25, 0.3) is 0 Å². The molecule has 0 amide bonds. The number of pyridine rings is 1. The van der Waals surface area contributed by atoms with Crippen LogP contribution >= 0.6 is 15.9 Å². The molecule has 8 nitrogen and oxygen atoms in total. The van der Waals surface area contributed by atoms with Gasteiger partial charge in [-0.25, -0.2) is 0 Å². The number of rotatable bonds is 7. The van der Waals surface area contributed by atoms with Crippen LogP contribution in [-0.4, -0.2) is 48.2 Å². The lowest BCUT2D eigenvalue weighted by Crippen LogP contribution is -2.32. The topological polar surface area (TPSA) is 115 Å². The first-order chi connectivity index (χ1) is 10.3. The highest BCUT2D eigenvalue weighted by atomic mass is 79.9. The van der Waals surface area contributed by atoms with E-state index in [9.17, 15) is 14.9 Å². The van der Waals surface area contributed by atoms with Crippen LogP contribution in [0.4, 0.5) is 11.5 Å². The highest BCUT2D eigenvalue weighted by Crippen LogP contribution is 2.26. The third-order valence-electron chi connectivity index (χ3n) is 2.62. The number of ether oxygens (including phenoxy) is 1. The Morgan fingerprint density at radius 2 is 2.23 bits per heavy atom. The van der Waals surface area contributed by atoms with Crippen molar-refractivity contribution in [2.75, 3.05) is 32.2 Å². The van der Waals surface area contributed by atoms with Crippen molar-refractivity contribution in [3.8, 4) is 0 Å². The number of halogens is 1. The molecular weight excluding hydrogens is 358 g/mol. The maximum absolute atomic E-state index is 10.8. The number of aliphatic hydroxyl groups excluding tert-OH is 1. The molecule has 0 aromatic carbocycles. The number of anilines is 1. The minimum Gasteiger partial charge on any atom is -0.395 e. The molecule has 1 atom stereocenters. The van der Waals surface area contributed by atoms with E-state index in [-0.39, 0.29) is 24.7 Å². The second-order valence-corrected chi connectivity index (χ2v) is 5.56. The van der Waals surface area contributed by atoms with Crippen LogP contribution in [-0.2, 0) is 9.53 Å². The Kier molecular flexibility index (Phi) is 9.46. The molecule has 0 fully saturated rings. The highest BCUT2D eigenvalue weighted by Gasteiger charge is 2.24. The van der Waals surface area contributed by atoms with Crippen LogP contribution < -0.4 is 5.32 Å². The second kappa shape index (κ2) is 10.2. The minimum absolute atomic E-state index is 0.0754. The summed E-state index contributed by atoms with van der Waals surface area (Å²) in [4.78, 5) is 24.6. The van der Waals surface area contributed by atoms with Gasteiger partial charge in [0.2, 0.25) is 0 Å². The lowest BCUT2D eigenvalue weighted by Gasteiger charge is -2.20. The average molecular weight is 378 g/mol. The smallest absolute Gasteiger partial charge is 0.386 e. The molecule has 0 saturated carbocycles. The number of nitro groups is 1. The van der Waals surface area contributed by atoms with E-state index in [2.05, 4.69) is 31.0 Å². The number of aldehydes is 1. The zero-order valence-corrected chi connectivity index (χ0v) is 14.3. The molecule has 0 spiro atoms. The van der Waals surface area contributed by atoms with Gasteiger partial charge >= 0.3 is 5.82 Å². The van der Waals surface area contributed by atoms with Gasteiger partial charge in [0.15, 0.2) is 6.20 Å². The fourth-order valence-electron chi connectivity index (χ4n) is 1.14.